The maximum atomic E-state index is 13.0. The van der Waals surface area contributed by atoms with Gasteiger partial charge in [-0.15, -0.1) is 0 Å². The van der Waals surface area contributed by atoms with Gasteiger partial charge in [-0.1, -0.05) is 12.1 Å². The molecule has 0 saturated carbocycles. The lowest BCUT2D eigenvalue weighted by Crippen LogP contribution is -2.47. The van der Waals surface area contributed by atoms with E-state index in [1.165, 1.54) is 0 Å². The molecule has 35 heavy (non-hydrogen) atoms. The van der Waals surface area contributed by atoms with Gasteiger partial charge in [0.25, 0.3) is 5.91 Å². The maximum absolute atomic E-state index is 13.0. The number of amides is 1. The van der Waals surface area contributed by atoms with E-state index < -0.39 is 12.0 Å². The van der Waals surface area contributed by atoms with Gasteiger partial charge in [0.05, 0.1) is 36.2 Å². The number of Topliss-reactive ketones (excluding diaryl/α,β-unsaturated/α-hetero) is 1. The summed E-state index contributed by atoms with van der Waals surface area (Å²) in [6.07, 6.45) is 3.33. The first kappa shape index (κ1) is 21.3. The molecule has 9 nitrogen and oxygen atoms in total. The van der Waals surface area contributed by atoms with Crippen LogP contribution in [0.4, 0.5) is 5.69 Å². The number of anilines is 1. The Morgan fingerprint density at radius 2 is 2.11 bits per heavy atom. The number of ether oxygens (including phenoxy) is 2. The van der Waals surface area contributed by atoms with E-state index >= 15 is 0 Å². The molecule has 2 aromatic carbocycles. The van der Waals surface area contributed by atoms with Crippen LogP contribution in [-0.2, 0) is 22.6 Å². The van der Waals surface area contributed by atoms with E-state index in [0.29, 0.717) is 30.9 Å². The largest absolute Gasteiger partial charge is 0.497 e. The number of ketones is 1. The van der Waals surface area contributed by atoms with Gasteiger partial charge in [-0.3, -0.25) is 19.5 Å². The summed E-state index contributed by atoms with van der Waals surface area (Å²) in [4.78, 5) is 31.9. The van der Waals surface area contributed by atoms with Gasteiger partial charge >= 0.3 is 0 Å². The molecule has 0 aliphatic carbocycles. The maximum Gasteiger partial charge on any atom is 0.273 e. The van der Waals surface area contributed by atoms with Crippen molar-refractivity contribution in [2.45, 2.75) is 19.1 Å². The first-order valence-electron chi connectivity index (χ1n) is 11.4. The number of pyridine rings is 1. The SMILES string of the molecule is COc1ccc2nccc(-n3cc4c(n3)CCN(CC(=O)C3Oc5ccccc5NC3=O)C4)c2c1. The summed E-state index contributed by atoms with van der Waals surface area (Å²) in [5, 5.41) is 8.52. The van der Waals surface area contributed by atoms with E-state index in [1.54, 1.807) is 31.5 Å². The highest BCUT2D eigenvalue weighted by molar-refractivity contribution is 6.12. The van der Waals surface area contributed by atoms with Gasteiger partial charge in [-0.2, -0.15) is 5.10 Å². The van der Waals surface area contributed by atoms with Crippen LogP contribution in [0.1, 0.15) is 11.3 Å². The summed E-state index contributed by atoms with van der Waals surface area (Å²) < 4.78 is 13.0. The van der Waals surface area contributed by atoms with Gasteiger partial charge in [-0.25, -0.2) is 4.68 Å². The molecule has 6 rings (SSSR count). The van der Waals surface area contributed by atoms with Crippen molar-refractivity contribution in [3.8, 4) is 17.2 Å². The number of hydrogen-bond acceptors (Lipinski definition) is 7. The van der Waals surface area contributed by atoms with E-state index in [4.69, 9.17) is 14.6 Å². The number of hydrogen-bond donors (Lipinski definition) is 1. The molecule has 0 spiro atoms. The zero-order chi connectivity index (χ0) is 23.9. The molecular weight excluding hydrogens is 446 g/mol. The number of methoxy groups -OCH3 is 1. The first-order valence-corrected chi connectivity index (χ1v) is 11.4. The number of nitrogens with one attached hydrogen (secondary N) is 1. The molecular formula is C26H23N5O4. The molecule has 1 N–H and O–H groups in total. The van der Waals surface area contributed by atoms with Crippen molar-refractivity contribution in [3.05, 3.63) is 72.2 Å². The Labute approximate surface area is 201 Å². The van der Waals surface area contributed by atoms with Crippen molar-refractivity contribution >= 4 is 28.3 Å². The van der Waals surface area contributed by atoms with E-state index in [2.05, 4.69) is 10.3 Å². The first-order chi connectivity index (χ1) is 17.1. The Balaban J connectivity index is 1.20. The average Bonchev–Trinajstić information content (AvgIpc) is 3.30. The highest BCUT2D eigenvalue weighted by Crippen LogP contribution is 2.30. The summed E-state index contributed by atoms with van der Waals surface area (Å²) in [5.74, 6) is 0.568. The highest BCUT2D eigenvalue weighted by atomic mass is 16.5. The molecule has 9 heteroatoms. The fourth-order valence-corrected chi connectivity index (χ4v) is 4.63. The Hall–Kier alpha value is -4.24. The van der Waals surface area contributed by atoms with Gasteiger partial charge in [-0.05, 0) is 36.4 Å². The van der Waals surface area contributed by atoms with Crippen molar-refractivity contribution in [1.29, 1.82) is 0 Å². The summed E-state index contributed by atoms with van der Waals surface area (Å²) in [5.41, 5.74) is 4.41. The minimum Gasteiger partial charge on any atom is -0.497 e. The number of carbonyl (C=O) groups is 2. The third-order valence-electron chi connectivity index (χ3n) is 6.41. The smallest absolute Gasteiger partial charge is 0.273 e. The summed E-state index contributed by atoms with van der Waals surface area (Å²) in [6.45, 7) is 1.37. The minimum atomic E-state index is -1.15. The van der Waals surface area contributed by atoms with Gasteiger partial charge in [0.15, 0.2) is 5.78 Å². The second kappa shape index (κ2) is 8.52. The quantitative estimate of drug-likeness (QED) is 0.449. The third kappa shape index (κ3) is 3.89. The standard InChI is InChI=1S/C26H23N5O4/c1-34-17-6-7-20-18(12-17)22(8-10-27-20)31-14-16-13-30(11-9-19(16)29-31)15-23(32)25-26(33)28-21-4-2-3-5-24(21)35-25/h2-8,10,12,14,25H,9,11,13,15H2,1H3,(H,28,33). The van der Waals surface area contributed by atoms with Crippen molar-refractivity contribution in [2.24, 2.45) is 0 Å². The van der Waals surface area contributed by atoms with Gasteiger partial charge in [0, 0.05) is 42.9 Å². The number of nitrogens with zero attached hydrogens (tertiary/aromatic N) is 4. The van der Waals surface area contributed by atoms with Crippen molar-refractivity contribution in [1.82, 2.24) is 19.7 Å². The number of aromatic nitrogens is 3. The zero-order valence-corrected chi connectivity index (χ0v) is 19.1. The Kier molecular flexibility index (Phi) is 5.18. The molecule has 4 heterocycles. The third-order valence-corrected chi connectivity index (χ3v) is 6.41. The van der Waals surface area contributed by atoms with Crippen LogP contribution in [0, 0.1) is 0 Å². The van der Waals surface area contributed by atoms with Gasteiger partial charge in [0.2, 0.25) is 6.10 Å². The van der Waals surface area contributed by atoms with Crippen LogP contribution in [0.2, 0.25) is 0 Å². The zero-order valence-electron chi connectivity index (χ0n) is 19.1. The second-order valence-electron chi connectivity index (χ2n) is 8.67. The number of benzene rings is 2. The molecule has 1 atom stereocenters. The topological polar surface area (TPSA) is 98.6 Å². The lowest BCUT2D eigenvalue weighted by Gasteiger charge is -2.29. The van der Waals surface area contributed by atoms with Crippen LogP contribution in [0.25, 0.3) is 16.6 Å². The van der Waals surface area contributed by atoms with E-state index in [1.807, 2.05) is 46.1 Å². The molecule has 0 bridgehead atoms. The van der Waals surface area contributed by atoms with E-state index in [9.17, 15) is 9.59 Å². The number of para-hydroxylation sites is 2. The van der Waals surface area contributed by atoms with E-state index in [-0.39, 0.29) is 12.3 Å². The molecule has 0 fully saturated rings. The van der Waals surface area contributed by atoms with Crippen LogP contribution in [0.5, 0.6) is 11.5 Å². The van der Waals surface area contributed by atoms with Crippen molar-refractivity contribution < 1.29 is 19.1 Å². The average molecular weight is 470 g/mol. The number of rotatable bonds is 5. The normalized spacial score (nSPS) is 17.3. The molecule has 176 valence electrons. The molecule has 1 unspecified atom stereocenters. The van der Waals surface area contributed by atoms with Gasteiger partial charge < -0.3 is 14.8 Å². The molecule has 4 aromatic rings. The predicted octanol–water partition coefficient (Wildman–Crippen LogP) is 2.76. The lowest BCUT2D eigenvalue weighted by molar-refractivity contribution is -0.136. The fraction of sp³-hybridized carbons (Fsp3) is 0.231. The summed E-state index contributed by atoms with van der Waals surface area (Å²) >= 11 is 0. The minimum absolute atomic E-state index is 0.125. The lowest BCUT2D eigenvalue weighted by atomic mass is 10.1. The monoisotopic (exact) mass is 469 g/mol. The Morgan fingerprint density at radius 1 is 1.23 bits per heavy atom. The van der Waals surface area contributed by atoms with Gasteiger partial charge in [0.1, 0.15) is 11.5 Å². The molecule has 2 aliphatic rings. The van der Waals surface area contributed by atoms with Crippen LogP contribution < -0.4 is 14.8 Å². The molecule has 2 aliphatic heterocycles. The number of fused-ring (bicyclic) bond motifs is 3. The predicted molar refractivity (Wildman–Crippen MR) is 129 cm³/mol. The van der Waals surface area contributed by atoms with Crippen LogP contribution in [0.3, 0.4) is 0 Å². The molecule has 0 saturated heterocycles. The van der Waals surface area contributed by atoms with Crippen molar-refractivity contribution in [3.63, 3.8) is 0 Å². The van der Waals surface area contributed by atoms with E-state index in [0.717, 1.165) is 33.6 Å². The van der Waals surface area contributed by atoms with Crippen LogP contribution in [-0.4, -0.2) is 57.7 Å². The Morgan fingerprint density at radius 3 is 3.00 bits per heavy atom. The summed E-state index contributed by atoms with van der Waals surface area (Å²) in [7, 11) is 1.64. The molecule has 2 aromatic heterocycles. The molecule has 1 amide bonds. The molecule has 0 radical (unpaired) electrons. The summed E-state index contributed by atoms with van der Waals surface area (Å²) in [6, 6.07) is 14.8. The van der Waals surface area contributed by atoms with Crippen molar-refractivity contribution in [2.75, 3.05) is 25.5 Å². The van der Waals surface area contributed by atoms with Crippen LogP contribution in [0.15, 0.2) is 60.9 Å². The van der Waals surface area contributed by atoms with Crippen LogP contribution >= 0.6 is 0 Å². The second-order valence-corrected chi connectivity index (χ2v) is 8.67. The fourth-order valence-electron chi connectivity index (χ4n) is 4.63. The Bertz CT molecular complexity index is 1460. The highest BCUT2D eigenvalue weighted by Gasteiger charge is 2.35. The number of carbonyl (C=O) groups excluding carboxylic acids is 2.